The molecule has 0 aliphatic carbocycles. The molecule has 3 amide bonds. The molecule has 2 heterocycles. The van der Waals surface area contributed by atoms with Crippen LogP contribution in [0.25, 0.3) is 0 Å². The third-order valence-corrected chi connectivity index (χ3v) is 7.30. The Morgan fingerprint density at radius 2 is 1.73 bits per heavy atom. The summed E-state index contributed by atoms with van der Waals surface area (Å²) in [6.45, 7) is 10.5. The molecular formula is C28H42N4O7S. The van der Waals surface area contributed by atoms with Gasteiger partial charge in [0.25, 0.3) is 5.91 Å². The molecule has 0 bridgehead atoms. The molecule has 222 valence electrons. The predicted molar refractivity (Wildman–Crippen MR) is 155 cm³/mol. The Labute approximate surface area is 240 Å². The van der Waals surface area contributed by atoms with Crippen molar-refractivity contribution in [3.8, 4) is 0 Å². The van der Waals surface area contributed by atoms with Gasteiger partial charge in [0, 0.05) is 25.0 Å². The van der Waals surface area contributed by atoms with Gasteiger partial charge in [-0.3, -0.25) is 14.6 Å². The first kappa shape index (κ1) is 31.9. The van der Waals surface area contributed by atoms with Gasteiger partial charge in [-0.25, -0.2) is 4.79 Å². The first-order valence-electron chi connectivity index (χ1n) is 13.8. The smallest absolute Gasteiger partial charge is 0.407 e. The van der Waals surface area contributed by atoms with Crippen LogP contribution in [0.1, 0.15) is 57.3 Å². The Bertz CT molecular complexity index is 1020. The van der Waals surface area contributed by atoms with Crippen molar-refractivity contribution in [2.75, 3.05) is 51.5 Å². The van der Waals surface area contributed by atoms with Crippen molar-refractivity contribution in [1.82, 2.24) is 10.6 Å². The number of para-hydroxylation sites is 1. The number of amidine groups is 1. The first-order valence-corrected chi connectivity index (χ1v) is 14.6. The molecule has 3 N–H and O–H groups in total. The molecule has 2 aliphatic heterocycles. The van der Waals surface area contributed by atoms with Crippen LogP contribution < -0.4 is 16.0 Å². The number of carbonyl (C=O) groups excluding carboxylic acids is 3. The summed E-state index contributed by atoms with van der Waals surface area (Å²) in [5.74, 6) is -0.104. The van der Waals surface area contributed by atoms with E-state index in [4.69, 9.17) is 23.9 Å². The largest absolute Gasteiger partial charge is 0.444 e. The molecule has 1 aromatic rings. The van der Waals surface area contributed by atoms with Crippen molar-refractivity contribution in [3.05, 3.63) is 29.8 Å². The molecule has 3 rings (SSSR count). The van der Waals surface area contributed by atoms with Gasteiger partial charge < -0.3 is 34.9 Å². The predicted octanol–water partition coefficient (Wildman–Crippen LogP) is 3.59. The summed E-state index contributed by atoms with van der Waals surface area (Å²) in [6, 6.07) is 7.06. The number of alkyl carbamates (subject to hydrolysis) is 1. The van der Waals surface area contributed by atoms with E-state index >= 15 is 0 Å². The highest BCUT2D eigenvalue weighted by Gasteiger charge is 2.34. The number of aliphatic imine (C=N–C) groups is 1. The number of hydrogen-bond acceptors (Lipinski definition) is 9. The lowest BCUT2D eigenvalue weighted by Gasteiger charge is -2.27. The van der Waals surface area contributed by atoms with E-state index in [0.717, 1.165) is 26.1 Å². The minimum atomic E-state index is -0.545. The van der Waals surface area contributed by atoms with E-state index in [1.807, 2.05) is 0 Å². The van der Waals surface area contributed by atoms with Crippen LogP contribution in [0.3, 0.4) is 0 Å². The number of hydrogen-bond donors (Lipinski definition) is 3. The van der Waals surface area contributed by atoms with Crippen LogP contribution in [0.5, 0.6) is 0 Å². The van der Waals surface area contributed by atoms with Crippen LogP contribution >= 0.6 is 11.8 Å². The van der Waals surface area contributed by atoms with E-state index < -0.39 is 11.7 Å². The van der Waals surface area contributed by atoms with Gasteiger partial charge in [0.05, 0.1) is 50.1 Å². The Morgan fingerprint density at radius 1 is 1.02 bits per heavy atom. The molecule has 2 unspecified atom stereocenters. The van der Waals surface area contributed by atoms with Crippen LogP contribution in [-0.2, 0) is 23.7 Å². The Balaban J connectivity index is 1.34. The zero-order chi connectivity index (χ0) is 29.0. The van der Waals surface area contributed by atoms with Crippen molar-refractivity contribution in [2.24, 2.45) is 10.9 Å². The number of benzene rings is 1. The van der Waals surface area contributed by atoms with E-state index in [-0.39, 0.29) is 36.1 Å². The van der Waals surface area contributed by atoms with Crippen LogP contribution in [0.2, 0.25) is 0 Å². The van der Waals surface area contributed by atoms with Gasteiger partial charge >= 0.3 is 6.09 Å². The summed E-state index contributed by atoms with van der Waals surface area (Å²) in [5.41, 5.74) is 0.260. The average Bonchev–Trinajstić information content (AvgIpc) is 3.27. The quantitative estimate of drug-likeness (QED) is 0.320. The van der Waals surface area contributed by atoms with E-state index in [1.54, 1.807) is 56.8 Å². The first-order chi connectivity index (χ1) is 19.1. The molecule has 0 aromatic heterocycles. The molecule has 2 atom stereocenters. The fraction of sp³-hybridized carbons (Fsp3) is 0.643. The van der Waals surface area contributed by atoms with Crippen molar-refractivity contribution in [1.29, 1.82) is 0 Å². The van der Waals surface area contributed by atoms with Crippen molar-refractivity contribution in [2.45, 2.75) is 63.9 Å². The third-order valence-electron chi connectivity index (χ3n) is 6.22. The average molecular weight is 579 g/mol. The Morgan fingerprint density at radius 3 is 2.45 bits per heavy atom. The zero-order valence-corrected chi connectivity index (χ0v) is 24.6. The molecule has 1 fully saturated rings. The molecule has 1 aromatic carbocycles. The van der Waals surface area contributed by atoms with Gasteiger partial charge in [0.1, 0.15) is 5.60 Å². The maximum atomic E-state index is 13.1. The SMILES string of the molecule is CC1SC(NC(=O)c2ccccc2NC(=O)CCOCCOCCNC(=O)OC(C)(C)C)=NC1C1CCOCC1. The lowest BCUT2D eigenvalue weighted by molar-refractivity contribution is -0.117. The van der Waals surface area contributed by atoms with Gasteiger partial charge in [0.2, 0.25) is 5.91 Å². The van der Waals surface area contributed by atoms with Crippen LogP contribution in [0.15, 0.2) is 29.3 Å². The second-order valence-electron chi connectivity index (χ2n) is 10.6. The Hall–Kier alpha value is -2.67. The molecular weight excluding hydrogens is 536 g/mol. The summed E-state index contributed by atoms with van der Waals surface area (Å²) < 4.78 is 21.5. The maximum Gasteiger partial charge on any atom is 0.407 e. The van der Waals surface area contributed by atoms with Crippen LogP contribution in [-0.4, -0.2) is 86.2 Å². The van der Waals surface area contributed by atoms with Gasteiger partial charge in [-0.05, 0) is 51.7 Å². The highest BCUT2D eigenvalue weighted by atomic mass is 32.2. The number of nitrogens with one attached hydrogen (secondary N) is 3. The van der Waals surface area contributed by atoms with E-state index in [9.17, 15) is 14.4 Å². The summed E-state index contributed by atoms with van der Waals surface area (Å²) in [4.78, 5) is 41.9. The second kappa shape index (κ2) is 15.9. The number of rotatable bonds is 12. The van der Waals surface area contributed by atoms with Gasteiger partial charge in [-0.2, -0.15) is 0 Å². The van der Waals surface area contributed by atoms with Crippen molar-refractivity contribution >= 4 is 40.5 Å². The molecule has 1 saturated heterocycles. The highest BCUT2D eigenvalue weighted by Crippen LogP contribution is 2.34. The molecule has 11 nitrogen and oxygen atoms in total. The number of carbonyl (C=O) groups is 3. The van der Waals surface area contributed by atoms with Gasteiger partial charge in [-0.1, -0.05) is 30.8 Å². The normalized spacial score (nSPS) is 19.6. The molecule has 0 radical (unpaired) electrons. The van der Waals surface area contributed by atoms with E-state index in [2.05, 4.69) is 22.9 Å². The summed E-state index contributed by atoms with van der Waals surface area (Å²) in [6.07, 6.45) is 1.61. The fourth-order valence-electron chi connectivity index (χ4n) is 4.32. The number of thioether (sulfide) groups is 1. The van der Waals surface area contributed by atoms with Crippen LogP contribution in [0.4, 0.5) is 10.5 Å². The monoisotopic (exact) mass is 578 g/mol. The number of nitrogens with zero attached hydrogens (tertiary/aromatic N) is 1. The fourth-order valence-corrected chi connectivity index (χ4v) is 5.43. The summed E-state index contributed by atoms with van der Waals surface area (Å²) in [5, 5.41) is 9.25. The zero-order valence-electron chi connectivity index (χ0n) is 23.8. The molecule has 0 saturated carbocycles. The number of ether oxygens (including phenoxy) is 4. The van der Waals surface area contributed by atoms with E-state index in [0.29, 0.717) is 48.7 Å². The molecule has 40 heavy (non-hydrogen) atoms. The lowest BCUT2D eigenvalue weighted by atomic mass is 9.90. The summed E-state index contributed by atoms with van der Waals surface area (Å²) in [7, 11) is 0. The minimum Gasteiger partial charge on any atom is -0.444 e. The van der Waals surface area contributed by atoms with Crippen LogP contribution in [0, 0.1) is 5.92 Å². The minimum absolute atomic E-state index is 0.128. The van der Waals surface area contributed by atoms with Crippen molar-refractivity contribution < 1.29 is 33.3 Å². The highest BCUT2D eigenvalue weighted by molar-refractivity contribution is 8.14. The third kappa shape index (κ3) is 11.1. The number of anilines is 1. The lowest BCUT2D eigenvalue weighted by Crippen LogP contribution is -2.34. The molecule has 0 spiro atoms. The molecule has 2 aliphatic rings. The number of amides is 3. The Kier molecular flexibility index (Phi) is 12.7. The second-order valence-corrected chi connectivity index (χ2v) is 12.0. The maximum absolute atomic E-state index is 13.1. The summed E-state index contributed by atoms with van der Waals surface area (Å²) >= 11 is 1.57. The topological polar surface area (TPSA) is 137 Å². The van der Waals surface area contributed by atoms with E-state index in [1.165, 1.54) is 0 Å². The van der Waals surface area contributed by atoms with Crippen molar-refractivity contribution in [3.63, 3.8) is 0 Å². The van der Waals surface area contributed by atoms with Gasteiger partial charge in [0.15, 0.2) is 5.17 Å². The molecule has 12 heteroatoms. The standard InChI is InChI=1S/C28H42N4O7S/c1-19-24(20-9-13-36-14-10-20)31-26(40-19)32-25(34)21-7-5-6-8-22(21)30-23(33)11-15-37-17-18-38-16-12-29-27(35)39-28(2,3)4/h5-8,19-20,24H,9-18H2,1-4H3,(H,29,35)(H,30,33)(H,31,32,34). The van der Waals surface area contributed by atoms with Gasteiger partial charge in [-0.15, -0.1) is 0 Å².